The molecule has 1 amide bonds. The van der Waals surface area contributed by atoms with Crippen LogP contribution in [0.2, 0.25) is 0 Å². The van der Waals surface area contributed by atoms with Gasteiger partial charge in [-0.05, 0) is 43.4 Å². The second kappa shape index (κ2) is 7.21. The van der Waals surface area contributed by atoms with E-state index in [1.165, 1.54) is 12.0 Å². The minimum Gasteiger partial charge on any atom is -0.454 e. The molecule has 3 heterocycles. The van der Waals surface area contributed by atoms with Crippen LogP contribution in [0.4, 0.5) is 0 Å². The normalized spacial score (nSPS) is 27.0. The summed E-state index contributed by atoms with van der Waals surface area (Å²) in [5, 5.41) is 0. The Morgan fingerprint density at radius 1 is 1.11 bits per heavy atom. The summed E-state index contributed by atoms with van der Waals surface area (Å²) >= 11 is 0. The van der Waals surface area contributed by atoms with Crippen LogP contribution in [0.3, 0.4) is 0 Å². The van der Waals surface area contributed by atoms with Crippen molar-refractivity contribution in [3.63, 3.8) is 0 Å². The van der Waals surface area contributed by atoms with Gasteiger partial charge in [0.25, 0.3) is 0 Å². The Morgan fingerprint density at radius 2 is 1.89 bits per heavy atom. The van der Waals surface area contributed by atoms with Crippen LogP contribution < -0.4 is 15.2 Å². The fraction of sp³-hybridized carbons (Fsp3) is 0.667. The van der Waals surface area contributed by atoms with Crippen LogP contribution in [0.1, 0.15) is 31.2 Å². The lowest BCUT2D eigenvalue weighted by Gasteiger charge is -2.43. The van der Waals surface area contributed by atoms with Crippen LogP contribution in [0.5, 0.6) is 11.5 Å². The standard InChI is InChI=1S/C21H30N4O3/c22-21(5-6-21)20(26)25-7-1-2-17(14-25)24-10-8-23(9-11-24)13-16-3-4-18-19(12-16)28-15-27-18/h3-4,12,17H,1-2,5-11,13-15,22H2/t17-/m0/s1. The number of fused-ring (bicyclic) bond motifs is 1. The number of likely N-dealkylation sites (tertiary alicyclic amines) is 1. The van der Waals surface area contributed by atoms with Crippen molar-refractivity contribution in [2.75, 3.05) is 46.1 Å². The zero-order valence-corrected chi connectivity index (χ0v) is 16.4. The maximum atomic E-state index is 12.6. The van der Waals surface area contributed by atoms with Crippen LogP contribution in [-0.2, 0) is 11.3 Å². The molecule has 1 aromatic rings. The quantitative estimate of drug-likeness (QED) is 0.833. The summed E-state index contributed by atoms with van der Waals surface area (Å²) < 4.78 is 10.9. The Hall–Kier alpha value is -1.83. The molecule has 0 spiro atoms. The van der Waals surface area contributed by atoms with Gasteiger partial charge in [0.15, 0.2) is 11.5 Å². The summed E-state index contributed by atoms with van der Waals surface area (Å²) in [7, 11) is 0. The van der Waals surface area contributed by atoms with Gasteiger partial charge >= 0.3 is 0 Å². The lowest BCUT2D eigenvalue weighted by molar-refractivity contribution is -0.136. The minimum atomic E-state index is -0.537. The van der Waals surface area contributed by atoms with Gasteiger partial charge in [0.2, 0.25) is 12.7 Å². The van der Waals surface area contributed by atoms with Gasteiger partial charge in [0.1, 0.15) is 0 Å². The van der Waals surface area contributed by atoms with E-state index in [0.29, 0.717) is 12.8 Å². The average Bonchev–Trinajstić information content (AvgIpc) is 3.31. The van der Waals surface area contributed by atoms with Crippen molar-refractivity contribution in [2.45, 2.75) is 43.8 Å². The molecule has 1 aliphatic carbocycles. The molecule has 28 heavy (non-hydrogen) atoms. The third-order valence-electron chi connectivity index (χ3n) is 6.66. The molecule has 3 fully saturated rings. The maximum absolute atomic E-state index is 12.6. The van der Waals surface area contributed by atoms with Crippen LogP contribution in [-0.4, -0.2) is 78.2 Å². The third-order valence-corrected chi connectivity index (χ3v) is 6.66. The van der Waals surface area contributed by atoms with Crippen molar-refractivity contribution < 1.29 is 14.3 Å². The highest BCUT2D eigenvalue weighted by atomic mass is 16.7. The number of carbonyl (C=O) groups is 1. The number of amides is 1. The van der Waals surface area contributed by atoms with Crippen LogP contribution >= 0.6 is 0 Å². The van der Waals surface area contributed by atoms with Gasteiger partial charge in [-0.1, -0.05) is 6.07 Å². The van der Waals surface area contributed by atoms with Crippen molar-refractivity contribution >= 4 is 5.91 Å². The molecule has 1 aromatic carbocycles. The first kappa shape index (κ1) is 18.2. The molecule has 7 heteroatoms. The molecule has 2 N–H and O–H groups in total. The van der Waals surface area contributed by atoms with E-state index in [0.717, 1.165) is 76.6 Å². The van der Waals surface area contributed by atoms with Crippen LogP contribution in [0.25, 0.3) is 0 Å². The minimum absolute atomic E-state index is 0.179. The van der Waals surface area contributed by atoms with Crippen LogP contribution in [0.15, 0.2) is 18.2 Å². The van der Waals surface area contributed by atoms with Gasteiger partial charge in [-0.2, -0.15) is 0 Å². The number of ether oxygens (including phenoxy) is 2. The summed E-state index contributed by atoms with van der Waals surface area (Å²) in [6.45, 7) is 7.22. The fourth-order valence-corrected chi connectivity index (χ4v) is 4.68. The summed E-state index contributed by atoms with van der Waals surface area (Å²) in [6.07, 6.45) is 3.98. The number of piperidine rings is 1. The molecule has 152 valence electrons. The second-order valence-electron chi connectivity index (χ2n) is 8.70. The van der Waals surface area contributed by atoms with Gasteiger partial charge < -0.3 is 20.1 Å². The predicted octanol–water partition coefficient (Wildman–Crippen LogP) is 1.02. The Bertz CT molecular complexity index is 743. The molecule has 1 saturated carbocycles. The number of hydrogen-bond acceptors (Lipinski definition) is 6. The first-order chi connectivity index (χ1) is 13.6. The largest absolute Gasteiger partial charge is 0.454 e. The van der Waals surface area contributed by atoms with E-state index in [4.69, 9.17) is 15.2 Å². The Kier molecular flexibility index (Phi) is 4.69. The van der Waals surface area contributed by atoms with E-state index in [1.54, 1.807) is 0 Å². The van der Waals surface area contributed by atoms with Crippen molar-refractivity contribution in [2.24, 2.45) is 5.73 Å². The topological polar surface area (TPSA) is 71.3 Å². The molecule has 0 bridgehead atoms. The molecule has 3 aliphatic heterocycles. The van der Waals surface area contributed by atoms with Gasteiger partial charge in [-0.3, -0.25) is 14.6 Å². The first-order valence-corrected chi connectivity index (χ1v) is 10.5. The smallest absolute Gasteiger partial charge is 0.242 e. The Morgan fingerprint density at radius 3 is 2.68 bits per heavy atom. The summed E-state index contributed by atoms with van der Waals surface area (Å²) in [4.78, 5) is 19.7. The van der Waals surface area contributed by atoms with Crippen molar-refractivity contribution in [3.05, 3.63) is 23.8 Å². The molecule has 1 atom stereocenters. The van der Waals surface area contributed by atoms with E-state index in [2.05, 4.69) is 21.9 Å². The molecule has 2 saturated heterocycles. The van der Waals surface area contributed by atoms with Gasteiger partial charge in [-0.15, -0.1) is 0 Å². The monoisotopic (exact) mass is 386 g/mol. The van der Waals surface area contributed by atoms with Gasteiger partial charge in [0, 0.05) is 51.9 Å². The summed E-state index contributed by atoms with van der Waals surface area (Å²) in [6, 6.07) is 6.71. The average molecular weight is 386 g/mol. The SMILES string of the molecule is NC1(C(=O)N2CCC[C@H](N3CCN(Cc4ccc5c(c4)OCO5)CC3)C2)CC1. The molecule has 0 aromatic heterocycles. The summed E-state index contributed by atoms with van der Waals surface area (Å²) in [5.74, 6) is 1.88. The van der Waals surface area contributed by atoms with Crippen LogP contribution in [0, 0.1) is 0 Å². The second-order valence-corrected chi connectivity index (χ2v) is 8.70. The number of rotatable bonds is 4. The molecular weight excluding hydrogens is 356 g/mol. The highest BCUT2D eigenvalue weighted by molar-refractivity contribution is 5.89. The van der Waals surface area contributed by atoms with E-state index in [1.807, 2.05) is 11.0 Å². The number of nitrogens with zero attached hydrogens (tertiary/aromatic N) is 3. The number of nitrogens with two attached hydrogens (primary N) is 1. The number of hydrogen-bond donors (Lipinski definition) is 1. The Labute approximate surface area is 166 Å². The van der Waals surface area contributed by atoms with E-state index >= 15 is 0 Å². The zero-order valence-electron chi connectivity index (χ0n) is 16.4. The van der Waals surface area contributed by atoms with Crippen molar-refractivity contribution in [3.8, 4) is 11.5 Å². The zero-order chi connectivity index (χ0) is 19.1. The Balaban J connectivity index is 1.13. The van der Waals surface area contributed by atoms with E-state index in [9.17, 15) is 4.79 Å². The maximum Gasteiger partial charge on any atom is 0.242 e. The fourth-order valence-electron chi connectivity index (χ4n) is 4.68. The molecule has 4 aliphatic rings. The third kappa shape index (κ3) is 3.58. The highest BCUT2D eigenvalue weighted by Gasteiger charge is 2.49. The van der Waals surface area contributed by atoms with Crippen molar-refractivity contribution in [1.82, 2.24) is 14.7 Å². The molecule has 0 unspecified atom stereocenters. The summed E-state index contributed by atoms with van der Waals surface area (Å²) in [5.41, 5.74) is 6.87. The van der Waals surface area contributed by atoms with Gasteiger partial charge in [0.05, 0.1) is 5.54 Å². The number of carbonyl (C=O) groups excluding carboxylic acids is 1. The van der Waals surface area contributed by atoms with E-state index < -0.39 is 5.54 Å². The molecular formula is C21H30N4O3. The highest BCUT2D eigenvalue weighted by Crippen LogP contribution is 2.35. The first-order valence-electron chi connectivity index (χ1n) is 10.5. The molecule has 5 rings (SSSR count). The molecule has 0 radical (unpaired) electrons. The van der Waals surface area contributed by atoms with Crippen molar-refractivity contribution in [1.29, 1.82) is 0 Å². The lowest BCUT2D eigenvalue weighted by Crippen LogP contribution is -2.57. The predicted molar refractivity (Wildman–Crippen MR) is 105 cm³/mol. The number of benzene rings is 1. The number of piperazine rings is 1. The molecule has 7 nitrogen and oxygen atoms in total. The lowest BCUT2D eigenvalue weighted by atomic mass is 10.0. The van der Waals surface area contributed by atoms with Gasteiger partial charge in [-0.25, -0.2) is 0 Å². The van der Waals surface area contributed by atoms with E-state index in [-0.39, 0.29) is 5.91 Å².